The highest BCUT2D eigenvalue weighted by molar-refractivity contribution is 5.91. The molecule has 0 radical (unpaired) electrons. The molecule has 1 amide bonds. The van der Waals surface area contributed by atoms with E-state index in [-0.39, 0.29) is 11.7 Å². The Balaban J connectivity index is 1.67. The smallest absolute Gasteiger partial charge is 0.275 e. The van der Waals surface area contributed by atoms with Crippen molar-refractivity contribution < 1.29 is 13.6 Å². The summed E-state index contributed by atoms with van der Waals surface area (Å²) in [4.78, 5) is 20.3. The number of rotatable bonds is 7. The van der Waals surface area contributed by atoms with Crippen LogP contribution in [0.15, 0.2) is 34.9 Å². The van der Waals surface area contributed by atoms with Gasteiger partial charge in [-0.25, -0.2) is 9.37 Å². The van der Waals surface area contributed by atoms with Gasteiger partial charge in [-0.3, -0.25) is 9.69 Å². The summed E-state index contributed by atoms with van der Waals surface area (Å²) in [6.45, 7) is 3.80. The second kappa shape index (κ2) is 7.13. The van der Waals surface area contributed by atoms with E-state index < -0.39 is 0 Å². The molecule has 1 fully saturated rings. The van der Waals surface area contributed by atoms with Crippen LogP contribution in [0, 0.1) is 5.82 Å². The second-order valence-electron chi connectivity index (χ2n) is 6.21. The molecule has 128 valence electrons. The van der Waals surface area contributed by atoms with Crippen molar-refractivity contribution in [1.29, 1.82) is 0 Å². The largest absolute Gasteiger partial charge is 0.447 e. The summed E-state index contributed by atoms with van der Waals surface area (Å²) in [6.07, 6.45) is 3.71. The maximum absolute atomic E-state index is 13.0. The van der Waals surface area contributed by atoms with Gasteiger partial charge in [0.15, 0.2) is 5.69 Å². The molecule has 1 aliphatic carbocycles. The van der Waals surface area contributed by atoms with Crippen LogP contribution in [0.5, 0.6) is 0 Å². The highest BCUT2D eigenvalue weighted by Crippen LogP contribution is 2.29. The van der Waals surface area contributed by atoms with Crippen molar-refractivity contribution in [1.82, 2.24) is 14.8 Å². The topological polar surface area (TPSA) is 49.6 Å². The van der Waals surface area contributed by atoms with Crippen LogP contribution in [0.4, 0.5) is 4.39 Å². The van der Waals surface area contributed by atoms with Crippen LogP contribution in [0.2, 0.25) is 0 Å². The molecule has 1 aliphatic rings. The van der Waals surface area contributed by atoms with Crippen LogP contribution < -0.4 is 0 Å². The molecule has 3 rings (SSSR count). The molecular formula is C18H22FN3O2. The summed E-state index contributed by atoms with van der Waals surface area (Å²) in [7, 11) is 1.74. The van der Waals surface area contributed by atoms with E-state index in [2.05, 4.69) is 9.88 Å². The van der Waals surface area contributed by atoms with Gasteiger partial charge >= 0.3 is 0 Å². The van der Waals surface area contributed by atoms with Crippen LogP contribution >= 0.6 is 0 Å². The lowest BCUT2D eigenvalue weighted by Gasteiger charge is -2.20. The first kappa shape index (κ1) is 16.6. The SMILES string of the molecule is CCN(C)C(=O)c1coc(CN(Cc2ccc(F)cc2)C2CC2)n1. The minimum absolute atomic E-state index is 0.135. The Kier molecular flexibility index (Phi) is 4.94. The zero-order chi connectivity index (χ0) is 17.1. The maximum Gasteiger partial charge on any atom is 0.275 e. The monoisotopic (exact) mass is 331 g/mol. The second-order valence-corrected chi connectivity index (χ2v) is 6.21. The molecule has 24 heavy (non-hydrogen) atoms. The number of hydrogen-bond acceptors (Lipinski definition) is 4. The predicted molar refractivity (Wildman–Crippen MR) is 87.8 cm³/mol. The third kappa shape index (κ3) is 4.00. The molecule has 5 nitrogen and oxygen atoms in total. The summed E-state index contributed by atoms with van der Waals surface area (Å²) in [5, 5.41) is 0. The zero-order valence-corrected chi connectivity index (χ0v) is 14.0. The molecule has 0 saturated heterocycles. The molecule has 0 aliphatic heterocycles. The molecule has 1 heterocycles. The van der Waals surface area contributed by atoms with Gasteiger partial charge in [-0.15, -0.1) is 0 Å². The lowest BCUT2D eigenvalue weighted by Crippen LogP contribution is -2.27. The fourth-order valence-electron chi connectivity index (χ4n) is 2.57. The normalized spacial score (nSPS) is 14.2. The number of amides is 1. The number of carbonyl (C=O) groups excluding carboxylic acids is 1. The van der Waals surface area contributed by atoms with Crippen molar-refractivity contribution in [3.63, 3.8) is 0 Å². The highest BCUT2D eigenvalue weighted by atomic mass is 19.1. The van der Waals surface area contributed by atoms with Crippen molar-refractivity contribution in [3.8, 4) is 0 Å². The van der Waals surface area contributed by atoms with Crippen LogP contribution in [-0.4, -0.2) is 40.3 Å². The Morgan fingerprint density at radius 3 is 2.62 bits per heavy atom. The fraction of sp³-hybridized carbons (Fsp3) is 0.444. The number of nitrogens with zero attached hydrogens (tertiary/aromatic N) is 3. The van der Waals surface area contributed by atoms with Gasteiger partial charge in [-0.05, 0) is 37.5 Å². The average Bonchev–Trinajstić information content (AvgIpc) is 3.34. The zero-order valence-electron chi connectivity index (χ0n) is 14.0. The minimum Gasteiger partial charge on any atom is -0.447 e. The average molecular weight is 331 g/mol. The van der Waals surface area contributed by atoms with E-state index in [0.717, 1.165) is 18.4 Å². The summed E-state index contributed by atoms with van der Waals surface area (Å²) < 4.78 is 18.5. The maximum atomic E-state index is 13.0. The van der Waals surface area contributed by atoms with Gasteiger partial charge in [0.05, 0.1) is 6.54 Å². The standard InChI is InChI=1S/C18H22FN3O2/c1-3-21(2)18(23)16-12-24-17(20-16)11-22(15-8-9-15)10-13-4-6-14(19)7-5-13/h4-7,12,15H,3,8-11H2,1-2H3. The van der Waals surface area contributed by atoms with Gasteiger partial charge in [-0.2, -0.15) is 0 Å². The van der Waals surface area contributed by atoms with E-state index in [1.54, 1.807) is 24.1 Å². The van der Waals surface area contributed by atoms with Gasteiger partial charge < -0.3 is 9.32 Å². The molecule has 1 aromatic heterocycles. The summed E-state index contributed by atoms with van der Waals surface area (Å²) in [6, 6.07) is 7.04. The van der Waals surface area contributed by atoms with E-state index in [1.807, 2.05) is 6.92 Å². The first-order valence-electron chi connectivity index (χ1n) is 8.25. The Hall–Kier alpha value is -2.21. The van der Waals surface area contributed by atoms with E-state index >= 15 is 0 Å². The quantitative estimate of drug-likeness (QED) is 0.782. The lowest BCUT2D eigenvalue weighted by molar-refractivity contribution is 0.0796. The Bertz CT molecular complexity index is 695. The van der Waals surface area contributed by atoms with Crippen LogP contribution in [-0.2, 0) is 13.1 Å². The fourth-order valence-corrected chi connectivity index (χ4v) is 2.57. The molecule has 0 unspecified atom stereocenters. The van der Waals surface area contributed by atoms with Crippen molar-refractivity contribution >= 4 is 5.91 Å². The first-order valence-corrected chi connectivity index (χ1v) is 8.25. The number of hydrogen-bond donors (Lipinski definition) is 0. The van der Waals surface area contributed by atoms with Crippen molar-refractivity contribution in [2.45, 2.75) is 38.9 Å². The van der Waals surface area contributed by atoms with E-state index in [1.165, 1.54) is 18.4 Å². The van der Waals surface area contributed by atoms with Crippen LogP contribution in [0.1, 0.15) is 41.7 Å². The molecule has 0 bridgehead atoms. The minimum atomic E-state index is -0.229. The van der Waals surface area contributed by atoms with Crippen molar-refractivity contribution in [2.24, 2.45) is 0 Å². The molecule has 6 heteroatoms. The molecule has 2 aromatic rings. The van der Waals surface area contributed by atoms with E-state index in [9.17, 15) is 9.18 Å². The number of halogens is 1. The Labute approximate surface area is 141 Å². The predicted octanol–water partition coefficient (Wildman–Crippen LogP) is 3.07. The van der Waals surface area contributed by atoms with Crippen molar-refractivity contribution in [2.75, 3.05) is 13.6 Å². The van der Waals surface area contributed by atoms with Gasteiger partial charge in [0.1, 0.15) is 12.1 Å². The molecular weight excluding hydrogens is 309 g/mol. The van der Waals surface area contributed by atoms with Crippen LogP contribution in [0.3, 0.4) is 0 Å². The molecule has 1 saturated carbocycles. The van der Waals surface area contributed by atoms with Gasteiger partial charge in [0, 0.05) is 26.2 Å². The van der Waals surface area contributed by atoms with Gasteiger partial charge in [0.2, 0.25) is 5.89 Å². The molecule has 0 spiro atoms. The summed E-state index contributed by atoms with van der Waals surface area (Å²) in [5.41, 5.74) is 1.39. The Morgan fingerprint density at radius 1 is 1.29 bits per heavy atom. The van der Waals surface area contributed by atoms with Gasteiger partial charge in [-0.1, -0.05) is 12.1 Å². The third-order valence-electron chi connectivity index (χ3n) is 4.29. The summed E-state index contributed by atoms with van der Waals surface area (Å²) >= 11 is 0. The van der Waals surface area contributed by atoms with E-state index in [4.69, 9.17) is 4.42 Å². The highest BCUT2D eigenvalue weighted by Gasteiger charge is 2.30. The number of aromatic nitrogens is 1. The number of benzene rings is 1. The Morgan fingerprint density at radius 2 is 2.00 bits per heavy atom. The molecule has 0 N–H and O–H groups in total. The molecule has 1 aromatic carbocycles. The molecule has 0 atom stereocenters. The first-order chi connectivity index (χ1) is 11.6. The summed E-state index contributed by atoms with van der Waals surface area (Å²) in [5.74, 6) is 0.175. The number of carbonyl (C=O) groups is 1. The van der Waals surface area contributed by atoms with Crippen molar-refractivity contribution in [3.05, 3.63) is 53.5 Å². The van der Waals surface area contributed by atoms with Crippen LogP contribution in [0.25, 0.3) is 0 Å². The van der Waals surface area contributed by atoms with Gasteiger partial charge in [0.25, 0.3) is 5.91 Å². The van der Waals surface area contributed by atoms with E-state index in [0.29, 0.717) is 37.3 Å². The lowest BCUT2D eigenvalue weighted by atomic mass is 10.2. The number of oxazole rings is 1. The third-order valence-corrected chi connectivity index (χ3v) is 4.29.